The Morgan fingerprint density at radius 1 is 1.00 bits per heavy atom. The third-order valence-corrected chi connectivity index (χ3v) is 8.33. The standard InChI is InChI=1S/C25H24ClN5O3S/c1-30-12-14-31(15-13-30)35(33,34)19-9-6-17(7-10-19)25(32)27-18-8-11-21(26)20(16-18)24-28-22-4-2-3-5-23(22)29-24/h2-11,16H,12-15H2,1H3,(H,27,32)(H,28,29). The van der Waals surface area contributed by atoms with Crippen LogP contribution in [0.25, 0.3) is 22.4 Å². The number of sulfonamides is 1. The van der Waals surface area contributed by atoms with E-state index >= 15 is 0 Å². The molecule has 1 aromatic heterocycles. The lowest BCUT2D eigenvalue weighted by atomic mass is 10.1. The topological polar surface area (TPSA) is 98.4 Å². The number of para-hydroxylation sites is 2. The Bertz CT molecular complexity index is 1460. The van der Waals surface area contributed by atoms with E-state index in [1.54, 1.807) is 18.2 Å². The number of fused-ring (bicyclic) bond motifs is 1. The van der Waals surface area contributed by atoms with Crippen LogP contribution in [0.15, 0.2) is 71.6 Å². The van der Waals surface area contributed by atoms with E-state index in [9.17, 15) is 13.2 Å². The summed E-state index contributed by atoms with van der Waals surface area (Å²) in [5, 5.41) is 3.35. The average Bonchev–Trinajstić information content (AvgIpc) is 3.29. The highest BCUT2D eigenvalue weighted by Crippen LogP contribution is 2.30. The van der Waals surface area contributed by atoms with Crippen LogP contribution in [0.4, 0.5) is 5.69 Å². The zero-order chi connectivity index (χ0) is 24.6. The lowest BCUT2D eigenvalue weighted by molar-refractivity contribution is 0.102. The van der Waals surface area contributed by atoms with E-state index in [4.69, 9.17) is 11.6 Å². The minimum Gasteiger partial charge on any atom is -0.338 e. The minimum atomic E-state index is -3.59. The van der Waals surface area contributed by atoms with Gasteiger partial charge in [-0.3, -0.25) is 4.79 Å². The number of H-pyrrole nitrogens is 1. The number of likely N-dealkylation sites (N-methyl/N-ethyl adjacent to an activating group) is 1. The summed E-state index contributed by atoms with van der Waals surface area (Å²) in [4.78, 5) is 22.9. The molecule has 0 spiro atoms. The molecule has 0 unspecified atom stereocenters. The summed E-state index contributed by atoms with van der Waals surface area (Å²) in [6.07, 6.45) is 0. The molecule has 1 amide bonds. The van der Waals surface area contributed by atoms with Crippen LogP contribution in [0.5, 0.6) is 0 Å². The second-order valence-corrected chi connectivity index (χ2v) is 10.8. The second-order valence-electron chi connectivity index (χ2n) is 8.48. The molecule has 2 N–H and O–H groups in total. The lowest BCUT2D eigenvalue weighted by Gasteiger charge is -2.31. The second kappa shape index (κ2) is 9.43. The third-order valence-electron chi connectivity index (χ3n) is 6.09. The van der Waals surface area contributed by atoms with Gasteiger partial charge < -0.3 is 15.2 Å². The maximum absolute atomic E-state index is 12.9. The zero-order valence-electron chi connectivity index (χ0n) is 19.0. The number of imidazole rings is 1. The molecule has 0 atom stereocenters. The fourth-order valence-electron chi connectivity index (χ4n) is 4.02. The molecule has 4 aromatic rings. The van der Waals surface area contributed by atoms with Crippen molar-refractivity contribution >= 4 is 44.3 Å². The van der Waals surface area contributed by atoms with Gasteiger partial charge >= 0.3 is 0 Å². The monoisotopic (exact) mass is 509 g/mol. The van der Waals surface area contributed by atoms with Gasteiger partial charge in [-0.1, -0.05) is 23.7 Å². The summed E-state index contributed by atoms with van der Waals surface area (Å²) < 4.78 is 27.3. The van der Waals surface area contributed by atoms with Gasteiger partial charge in [-0.05, 0) is 61.6 Å². The largest absolute Gasteiger partial charge is 0.338 e. The number of rotatable bonds is 5. The van der Waals surface area contributed by atoms with Crippen LogP contribution in [-0.2, 0) is 10.0 Å². The van der Waals surface area contributed by atoms with E-state index in [-0.39, 0.29) is 10.8 Å². The number of amides is 1. The Morgan fingerprint density at radius 2 is 1.71 bits per heavy atom. The average molecular weight is 510 g/mol. The van der Waals surface area contributed by atoms with Crippen molar-refractivity contribution in [1.82, 2.24) is 19.2 Å². The van der Waals surface area contributed by atoms with Crippen LogP contribution in [0.1, 0.15) is 10.4 Å². The summed E-state index contributed by atoms with van der Waals surface area (Å²) in [6, 6.07) is 18.8. The maximum Gasteiger partial charge on any atom is 0.255 e. The number of nitrogens with zero attached hydrogens (tertiary/aromatic N) is 3. The molecule has 10 heteroatoms. The van der Waals surface area contributed by atoms with Gasteiger partial charge in [-0.25, -0.2) is 13.4 Å². The van der Waals surface area contributed by atoms with Crippen molar-refractivity contribution in [3.8, 4) is 11.4 Å². The summed E-state index contributed by atoms with van der Waals surface area (Å²) in [5.41, 5.74) is 3.26. The molecular formula is C25H24ClN5O3S. The number of hydrogen-bond acceptors (Lipinski definition) is 5. The minimum absolute atomic E-state index is 0.178. The number of hydrogen-bond donors (Lipinski definition) is 2. The molecule has 1 saturated heterocycles. The van der Waals surface area contributed by atoms with Crippen molar-refractivity contribution in [3.05, 3.63) is 77.3 Å². The molecule has 8 nitrogen and oxygen atoms in total. The van der Waals surface area contributed by atoms with Gasteiger partial charge in [0.05, 0.1) is 21.0 Å². The van der Waals surface area contributed by atoms with Gasteiger partial charge in [0, 0.05) is 43.0 Å². The van der Waals surface area contributed by atoms with Crippen molar-refractivity contribution in [2.45, 2.75) is 4.90 Å². The smallest absolute Gasteiger partial charge is 0.255 e. The molecule has 0 saturated carbocycles. The molecule has 35 heavy (non-hydrogen) atoms. The lowest BCUT2D eigenvalue weighted by Crippen LogP contribution is -2.47. The SMILES string of the molecule is CN1CCN(S(=O)(=O)c2ccc(C(=O)Nc3ccc(Cl)c(-c4nc5ccccc5[nH]4)c3)cc2)CC1. The highest BCUT2D eigenvalue weighted by molar-refractivity contribution is 7.89. The first-order valence-electron chi connectivity index (χ1n) is 11.2. The third kappa shape index (κ3) is 4.81. The molecular weight excluding hydrogens is 486 g/mol. The van der Waals surface area contributed by atoms with Crippen molar-refractivity contribution in [2.75, 3.05) is 38.5 Å². The van der Waals surface area contributed by atoms with E-state index < -0.39 is 10.0 Å². The Morgan fingerprint density at radius 3 is 2.43 bits per heavy atom. The Balaban J connectivity index is 1.33. The molecule has 1 aliphatic heterocycles. The maximum atomic E-state index is 12.9. The first-order chi connectivity index (χ1) is 16.8. The molecule has 0 bridgehead atoms. The van der Waals surface area contributed by atoms with E-state index in [2.05, 4.69) is 20.2 Å². The van der Waals surface area contributed by atoms with Crippen molar-refractivity contribution < 1.29 is 13.2 Å². The fraction of sp³-hybridized carbons (Fsp3) is 0.200. The molecule has 1 fully saturated rings. The summed E-state index contributed by atoms with van der Waals surface area (Å²) >= 11 is 6.41. The highest BCUT2D eigenvalue weighted by Gasteiger charge is 2.27. The van der Waals surface area contributed by atoms with E-state index in [0.29, 0.717) is 53.8 Å². The Kier molecular flexibility index (Phi) is 6.33. The number of benzene rings is 3. The van der Waals surface area contributed by atoms with Gasteiger partial charge in [0.2, 0.25) is 10.0 Å². The number of piperazine rings is 1. The Hall–Kier alpha value is -3.24. The molecule has 1 aliphatic rings. The van der Waals surface area contributed by atoms with E-state index in [1.807, 2.05) is 31.3 Å². The van der Waals surface area contributed by atoms with E-state index in [0.717, 1.165) is 11.0 Å². The fourth-order valence-corrected chi connectivity index (χ4v) is 5.65. The van der Waals surface area contributed by atoms with Gasteiger partial charge in [-0.15, -0.1) is 0 Å². The quantitative estimate of drug-likeness (QED) is 0.422. The van der Waals surface area contributed by atoms with Gasteiger partial charge in [0.15, 0.2) is 0 Å². The first kappa shape index (κ1) is 23.5. The normalized spacial score (nSPS) is 15.4. The van der Waals surface area contributed by atoms with Gasteiger partial charge in [0.25, 0.3) is 5.91 Å². The molecule has 2 heterocycles. The number of aromatic amines is 1. The van der Waals surface area contributed by atoms with Crippen LogP contribution in [0, 0.1) is 0 Å². The van der Waals surface area contributed by atoms with Crippen LogP contribution in [0.2, 0.25) is 5.02 Å². The van der Waals surface area contributed by atoms with Crippen molar-refractivity contribution in [2.24, 2.45) is 0 Å². The van der Waals surface area contributed by atoms with Gasteiger partial charge in [-0.2, -0.15) is 4.31 Å². The Labute approximate surface area is 208 Å². The van der Waals surface area contributed by atoms with E-state index in [1.165, 1.54) is 28.6 Å². The number of aromatic nitrogens is 2. The summed E-state index contributed by atoms with van der Waals surface area (Å²) in [5.74, 6) is 0.247. The first-order valence-corrected chi connectivity index (χ1v) is 13.0. The predicted molar refractivity (Wildman–Crippen MR) is 137 cm³/mol. The van der Waals surface area contributed by atoms with Crippen LogP contribution < -0.4 is 5.32 Å². The number of carbonyl (C=O) groups excluding carboxylic acids is 1. The molecule has 3 aromatic carbocycles. The number of carbonyl (C=O) groups is 1. The summed E-state index contributed by atoms with van der Waals surface area (Å²) in [6.45, 7) is 2.28. The number of nitrogens with one attached hydrogen (secondary N) is 2. The molecule has 0 aliphatic carbocycles. The number of anilines is 1. The van der Waals surface area contributed by atoms with Gasteiger partial charge in [0.1, 0.15) is 5.82 Å². The molecule has 180 valence electrons. The highest BCUT2D eigenvalue weighted by atomic mass is 35.5. The molecule has 0 radical (unpaired) electrons. The zero-order valence-corrected chi connectivity index (χ0v) is 20.6. The molecule has 5 rings (SSSR count). The van der Waals surface area contributed by atoms with Crippen molar-refractivity contribution in [3.63, 3.8) is 0 Å². The summed E-state index contributed by atoms with van der Waals surface area (Å²) in [7, 11) is -1.62. The van der Waals surface area contributed by atoms with Crippen LogP contribution in [0.3, 0.4) is 0 Å². The van der Waals surface area contributed by atoms with Crippen LogP contribution in [-0.4, -0.2) is 66.7 Å². The van der Waals surface area contributed by atoms with Crippen LogP contribution >= 0.6 is 11.6 Å². The van der Waals surface area contributed by atoms with Crippen molar-refractivity contribution in [1.29, 1.82) is 0 Å². The number of halogens is 1. The predicted octanol–water partition coefficient (Wildman–Crippen LogP) is 4.07.